The lowest BCUT2D eigenvalue weighted by molar-refractivity contribution is -0.207. The minimum absolute atomic E-state index is 0.0339. The molecule has 0 saturated carbocycles. The molecular formula is C27H31F3N4O4. The third kappa shape index (κ3) is 6.15. The molecule has 38 heavy (non-hydrogen) atoms. The van der Waals surface area contributed by atoms with E-state index in [1.165, 1.54) is 23.1 Å². The molecule has 0 aliphatic heterocycles. The number of halogens is 3. The van der Waals surface area contributed by atoms with Crippen LogP contribution in [0.3, 0.4) is 0 Å². The molecule has 0 radical (unpaired) electrons. The number of phenols is 1. The van der Waals surface area contributed by atoms with Crippen molar-refractivity contribution in [2.75, 3.05) is 0 Å². The van der Waals surface area contributed by atoms with Crippen LogP contribution in [0.4, 0.5) is 13.2 Å². The van der Waals surface area contributed by atoms with Crippen molar-refractivity contribution >= 4 is 11.8 Å². The van der Waals surface area contributed by atoms with E-state index in [-0.39, 0.29) is 17.9 Å². The van der Waals surface area contributed by atoms with E-state index < -0.39 is 40.6 Å². The fraction of sp³-hybridized carbons (Fsp3) is 0.407. The highest BCUT2D eigenvalue weighted by molar-refractivity contribution is 6.00. The van der Waals surface area contributed by atoms with Crippen molar-refractivity contribution in [3.05, 3.63) is 76.7 Å². The zero-order chi connectivity index (χ0) is 28.6. The number of nitrogens with one attached hydrogen (secondary N) is 1. The topological polar surface area (TPSA) is 110 Å². The van der Waals surface area contributed by atoms with Gasteiger partial charge in [0.2, 0.25) is 11.4 Å². The van der Waals surface area contributed by atoms with Crippen LogP contribution in [0.1, 0.15) is 74.8 Å². The van der Waals surface area contributed by atoms with Gasteiger partial charge in [0.15, 0.2) is 0 Å². The molecule has 2 aromatic carbocycles. The van der Waals surface area contributed by atoms with E-state index in [1.54, 1.807) is 30.3 Å². The second-order valence-electron chi connectivity index (χ2n) is 11.0. The van der Waals surface area contributed by atoms with Gasteiger partial charge in [-0.05, 0) is 28.5 Å². The Morgan fingerprint density at radius 1 is 1.00 bits per heavy atom. The summed E-state index contributed by atoms with van der Waals surface area (Å²) in [6.07, 6.45) is -6.39. The molecule has 0 bridgehead atoms. The predicted octanol–water partition coefficient (Wildman–Crippen LogP) is 5.00. The summed E-state index contributed by atoms with van der Waals surface area (Å²) in [5, 5.41) is 19.2. The van der Waals surface area contributed by atoms with Crippen molar-refractivity contribution in [1.82, 2.24) is 14.3 Å². The van der Waals surface area contributed by atoms with Crippen LogP contribution in [0.15, 0.2) is 48.8 Å². The van der Waals surface area contributed by atoms with Crippen molar-refractivity contribution in [3.8, 4) is 5.75 Å². The van der Waals surface area contributed by atoms with Gasteiger partial charge in [-0.1, -0.05) is 71.9 Å². The monoisotopic (exact) mass is 532 g/mol. The van der Waals surface area contributed by atoms with Gasteiger partial charge in [-0.15, -0.1) is 0 Å². The van der Waals surface area contributed by atoms with E-state index in [9.17, 15) is 27.9 Å². The third-order valence-corrected chi connectivity index (χ3v) is 5.90. The van der Waals surface area contributed by atoms with Gasteiger partial charge in [0.05, 0.1) is 6.54 Å². The van der Waals surface area contributed by atoms with Crippen molar-refractivity contribution in [1.29, 1.82) is 5.41 Å². The number of ketones is 1. The van der Waals surface area contributed by atoms with Crippen molar-refractivity contribution < 1.29 is 32.6 Å². The van der Waals surface area contributed by atoms with Crippen LogP contribution in [0, 0.1) is 5.41 Å². The summed E-state index contributed by atoms with van der Waals surface area (Å²) >= 11 is 0. The maximum absolute atomic E-state index is 13.9. The molecule has 3 aromatic rings. The molecule has 0 aliphatic rings. The van der Waals surface area contributed by atoms with Gasteiger partial charge in [0.1, 0.15) is 12.1 Å². The molecule has 0 saturated heterocycles. The van der Waals surface area contributed by atoms with Crippen LogP contribution in [-0.4, -0.2) is 37.4 Å². The molecule has 8 nitrogen and oxygen atoms in total. The first-order chi connectivity index (χ1) is 17.4. The number of aromatic hydroxyl groups is 1. The summed E-state index contributed by atoms with van der Waals surface area (Å²) < 4.78 is 46.5. The molecule has 1 atom stereocenters. The van der Waals surface area contributed by atoms with Crippen molar-refractivity contribution in [2.24, 2.45) is 0 Å². The quantitative estimate of drug-likeness (QED) is 0.343. The summed E-state index contributed by atoms with van der Waals surface area (Å²) in [4.78, 5) is 29.6. The van der Waals surface area contributed by atoms with Gasteiger partial charge in [-0.3, -0.25) is 14.9 Å². The maximum Gasteiger partial charge on any atom is 0.491 e. The SMILES string of the molecule is CC(C)(C)c1cc(C(=O)C(OC(=O)C(F)(F)F)n2c(=N)ncn2Cc2ccccc2)cc(C(C)(C)C)c1O. The predicted molar refractivity (Wildman–Crippen MR) is 133 cm³/mol. The summed E-state index contributed by atoms with van der Waals surface area (Å²) in [6, 6.07) is 11.5. The minimum Gasteiger partial charge on any atom is -0.507 e. The normalized spacial score (nSPS) is 13.3. The van der Waals surface area contributed by atoms with Crippen LogP contribution in [0.2, 0.25) is 0 Å². The van der Waals surface area contributed by atoms with Crippen LogP contribution >= 0.6 is 0 Å². The number of Topliss-reactive ketones (excluding diaryl/α,β-unsaturated/α-hetero) is 1. The molecule has 204 valence electrons. The number of hydrogen-bond donors (Lipinski definition) is 2. The summed E-state index contributed by atoms with van der Waals surface area (Å²) in [5.41, 5.74) is -0.451. The van der Waals surface area contributed by atoms with Crippen molar-refractivity contribution in [2.45, 2.75) is 71.3 Å². The molecule has 1 unspecified atom stereocenters. The second kappa shape index (κ2) is 10.1. The van der Waals surface area contributed by atoms with Gasteiger partial charge < -0.3 is 9.84 Å². The van der Waals surface area contributed by atoms with E-state index in [0.29, 0.717) is 16.7 Å². The zero-order valence-corrected chi connectivity index (χ0v) is 22.1. The fourth-order valence-corrected chi connectivity index (χ4v) is 3.94. The molecule has 0 fully saturated rings. The number of alkyl halides is 3. The molecule has 1 heterocycles. The van der Waals surface area contributed by atoms with Gasteiger partial charge in [-0.2, -0.15) is 13.2 Å². The number of nitrogens with zero attached hydrogens (tertiary/aromatic N) is 3. The number of benzene rings is 2. The number of esters is 1. The Labute approximate surface area is 218 Å². The molecule has 11 heteroatoms. The Bertz CT molecular complexity index is 1360. The van der Waals surface area contributed by atoms with E-state index in [1.807, 2.05) is 41.5 Å². The number of rotatable bonds is 6. The Morgan fingerprint density at radius 3 is 2.00 bits per heavy atom. The lowest BCUT2D eigenvalue weighted by Gasteiger charge is -2.29. The highest BCUT2D eigenvalue weighted by Crippen LogP contribution is 2.40. The number of carbonyl (C=O) groups is 2. The van der Waals surface area contributed by atoms with Gasteiger partial charge >= 0.3 is 12.1 Å². The molecule has 3 rings (SSSR count). The Balaban J connectivity index is 2.23. The second-order valence-corrected chi connectivity index (χ2v) is 11.0. The number of phenolic OH excluding ortho intramolecular Hbond substituents is 1. The van der Waals surface area contributed by atoms with E-state index in [0.717, 1.165) is 4.68 Å². The summed E-state index contributed by atoms with van der Waals surface area (Å²) in [5.74, 6) is -3.62. The minimum atomic E-state index is -5.38. The zero-order valence-electron chi connectivity index (χ0n) is 22.1. The highest BCUT2D eigenvalue weighted by Gasteiger charge is 2.45. The fourth-order valence-electron chi connectivity index (χ4n) is 3.94. The molecule has 2 N–H and O–H groups in total. The lowest BCUT2D eigenvalue weighted by Crippen LogP contribution is -2.39. The molecule has 1 aromatic heterocycles. The first kappa shape index (κ1) is 28.7. The number of aromatic nitrogens is 3. The highest BCUT2D eigenvalue weighted by atomic mass is 19.4. The maximum atomic E-state index is 13.9. The Kier molecular flexibility index (Phi) is 7.63. The molecule has 0 aliphatic carbocycles. The van der Waals surface area contributed by atoms with Gasteiger partial charge in [0.25, 0.3) is 6.23 Å². The Morgan fingerprint density at radius 2 is 1.53 bits per heavy atom. The van der Waals surface area contributed by atoms with E-state index in [2.05, 4.69) is 4.98 Å². The largest absolute Gasteiger partial charge is 0.507 e. The van der Waals surface area contributed by atoms with E-state index >= 15 is 0 Å². The van der Waals surface area contributed by atoms with Gasteiger partial charge in [0, 0.05) is 16.7 Å². The first-order valence-electron chi connectivity index (χ1n) is 11.8. The average molecular weight is 533 g/mol. The van der Waals surface area contributed by atoms with Crippen LogP contribution < -0.4 is 5.62 Å². The summed E-state index contributed by atoms with van der Waals surface area (Å²) in [7, 11) is 0. The van der Waals surface area contributed by atoms with Crippen molar-refractivity contribution in [3.63, 3.8) is 0 Å². The van der Waals surface area contributed by atoms with Crippen LogP contribution in [-0.2, 0) is 26.9 Å². The lowest BCUT2D eigenvalue weighted by atomic mass is 9.78. The number of ether oxygens (including phenoxy) is 1. The number of carbonyl (C=O) groups excluding carboxylic acids is 2. The summed E-state index contributed by atoms with van der Waals surface area (Å²) in [6.45, 7) is 10.9. The molecule has 0 amide bonds. The van der Waals surface area contributed by atoms with E-state index in [4.69, 9.17) is 10.1 Å². The smallest absolute Gasteiger partial charge is 0.491 e. The molecule has 0 spiro atoms. The third-order valence-electron chi connectivity index (χ3n) is 5.90. The van der Waals surface area contributed by atoms with Crippen LogP contribution in [0.5, 0.6) is 5.75 Å². The number of hydrogen-bond acceptors (Lipinski definition) is 6. The van der Waals surface area contributed by atoms with Crippen LogP contribution in [0.25, 0.3) is 0 Å². The average Bonchev–Trinajstić information content (AvgIpc) is 3.15. The first-order valence-corrected chi connectivity index (χ1v) is 11.8. The van der Waals surface area contributed by atoms with Gasteiger partial charge in [-0.25, -0.2) is 14.5 Å². The molecular weight excluding hydrogens is 501 g/mol. The standard InChI is InChI=1S/C27H31F3N4O4/c1-25(2,3)18-12-17(13-19(21(18)36)26(4,5)6)20(35)22(38-23(37)27(28,29)30)34-24(31)32-15-33(34)14-16-10-8-7-9-11-16/h7-13,15,22,31,36H,14H2,1-6H3. The Hall–Kier alpha value is -3.89.